The summed E-state index contributed by atoms with van der Waals surface area (Å²) in [6.07, 6.45) is -4.81. The van der Waals surface area contributed by atoms with Gasteiger partial charge in [0.25, 0.3) is 5.56 Å². The van der Waals surface area contributed by atoms with Gasteiger partial charge >= 0.3 is 20.2 Å². The van der Waals surface area contributed by atoms with Gasteiger partial charge in [-0.05, 0) is 11.8 Å². The van der Waals surface area contributed by atoms with E-state index in [0.717, 1.165) is 23.9 Å². The maximum Gasteiger partial charge on any atom is 0.468 e. The molecule has 0 aliphatic carbocycles. The first-order valence-electron chi connectivity index (χ1n) is 7.61. The van der Waals surface area contributed by atoms with E-state index in [4.69, 9.17) is 55.8 Å². The highest BCUT2D eigenvalue weighted by Crippen LogP contribution is 2.51. The maximum absolute atomic E-state index is 12.1. The number of phosphoric ester groups is 1. The van der Waals surface area contributed by atoms with Gasteiger partial charge in [0.15, 0.2) is 6.23 Å². The van der Waals surface area contributed by atoms with Crippen LogP contribution in [0.3, 0.4) is 0 Å². The van der Waals surface area contributed by atoms with E-state index in [1.165, 1.54) is 7.11 Å². The molecule has 2 rings (SSSR count). The van der Waals surface area contributed by atoms with Crippen LogP contribution in [0.2, 0.25) is 0 Å². The lowest BCUT2D eigenvalue weighted by Gasteiger charge is -2.36. The van der Waals surface area contributed by atoms with Gasteiger partial charge in [-0.15, -0.1) is 0 Å². The molecule has 1 aliphatic rings. The van der Waals surface area contributed by atoms with Crippen LogP contribution in [0.25, 0.3) is 0 Å². The fourth-order valence-corrected chi connectivity index (χ4v) is 4.11. The van der Waals surface area contributed by atoms with E-state index in [-0.39, 0.29) is 0 Å². The summed E-state index contributed by atoms with van der Waals surface area (Å²) < 4.78 is 37.3. The Bertz CT molecular complexity index is 949. The Labute approximate surface area is 171 Å². The zero-order chi connectivity index (χ0) is 22.2. The van der Waals surface area contributed by atoms with Crippen LogP contribution in [-0.4, -0.2) is 77.9 Å². The Morgan fingerprint density at radius 3 is 2.38 bits per heavy atom. The molecule has 0 aromatic carbocycles. The zero-order valence-corrected chi connectivity index (χ0v) is 17.6. The molecule has 2 heterocycles. The number of ether oxygens (including phenoxy) is 2. The quantitative estimate of drug-likeness (QED) is 0.240. The van der Waals surface area contributed by atoms with Crippen LogP contribution in [0.15, 0.2) is 21.9 Å². The Morgan fingerprint density at radius 1 is 1.28 bits per heavy atom. The minimum absolute atomic E-state index is 0.690. The second-order valence-electron chi connectivity index (χ2n) is 5.82. The monoisotopic (exact) mass is 468 g/mol. The predicted molar refractivity (Wildman–Crippen MR) is 102 cm³/mol. The second-order valence-corrected chi connectivity index (χ2v) is 9.88. The molecule has 29 heavy (non-hydrogen) atoms. The zero-order valence-electron chi connectivity index (χ0n) is 15.0. The van der Waals surface area contributed by atoms with Crippen molar-refractivity contribution in [3.63, 3.8) is 0 Å². The van der Waals surface area contributed by atoms with Crippen molar-refractivity contribution in [2.45, 2.75) is 29.9 Å². The molecule has 0 spiro atoms. The Kier molecular flexibility index (Phi) is 7.52. The van der Waals surface area contributed by atoms with E-state index in [1.54, 1.807) is 0 Å². The van der Waals surface area contributed by atoms with Crippen molar-refractivity contribution in [3.8, 4) is 0 Å². The molecule has 4 radical (unpaired) electrons. The lowest BCUT2D eigenvalue weighted by molar-refractivity contribution is -0.0773. The van der Waals surface area contributed by atoms with Crippen molar-refractivity contribution >= 4 is 42.0 Å². The number of hydrogen-bond donors (Lipinski definition) is 4. The van der Waals surface area contributed by atoms with E-state index < -0.39 is 55.7 Å². The average Bonchev–Trinajstić information content (AvgIpc) is 2.91. The Hall–Kier alpha value is -0.630. The molecule has 1 fully saturated rings. The lowest BCUT2D eigenvalue weighted by atomic mass is 9.61. The van der Waals surface area contributed by atoms with E-state index in [9.17, 15) is 19.0 Å². The first kappa shape index (κ1) is 24.6. The molecular weight excluding hydrogens is 452 g/mol. The summed E-state index contributed by atoms with van der Waals surface area (Å²) in [6.45, 7) is -3.90. The van der Waals surface area contributed by atoms with Gasteiger partial charge in [-0.2, -0.15) is 0 Å². The van der Waals surface area contributed by atoms with Crippen LogP contribution >= 0.6 is 14.5 Å². The first-order chi connectivity index (χ1) is 13.2. The number of aromatic amines is 1. The third-order valence-corrected chi connectivity index (χ3v) is 6.02. The van der Waals surface area contributed by atoms with Gasteiger partial charge in [-0.3, -0.25) is 23.4 Å². The number of nitrogens with one attached hydrogen (secondary N) is 1. The highest BCUT2D eigenvalue weighted by molar-refractivity contribution is 8.07. The summed E-state index contributed by atoms with van der Waals surface area (Å²) in [5, 5.41) is -2.69. The van der Waals surface area contributed by atoms with Crippen LogP contribution in [0.5, 0.6) is 0 Å². The topological polar surface area (TPSA) is 179 Å². The van der Waals surface area contributed by atoms with E-state index in [1.807, 2.05) is 4.98 Å². The number of nitrogens with zero attached hydrogens (tertiary/aromatic N) is 1. The normalized spacial score (nSPS) is 27.6. The number of H-pyrrole nitrogens is 1. The third-order valence-electron chi connectivity index (χ3n) is 3.79. The van der Waals surface area contributed by atoms with Gasteiger partial charge in [0.1, 0.15) is 34.0 Å². The van der Waals surface area contributed by atoms with Crippen LogP contribution < -0.4 is 11.2 Å². The molecular formula is C11H16B2N2O11P2S. The molecule has 158 valence electrons. The summed E-state index contributed by atoms with van der Waals surface area (Å²) in [5.41, 5.74) is -1.60. The number of aromatic nitrogens is 2. The molecule has 4 N–H and O–H groups in total. The SMILES string of the molecule is [B]C([B])(OP(=O)(O)O)C1OC(n2ccc(=O)[nH]c2=O)C(OC)C1OP(O)(=S)OC. The van der Waals surface area contributed by atoms with Crippen molar-refractivity contribution in [2.24, 2.45) is 0 Å². The number of hydrogen-bond acceptors (Lipinski definition) is 9. The molecule has 0 bridgehead atoms. The first-order valence-corrected chi connectivity index (χ1v) is 11.7. The molecule has 18 heteroatoms. The molecule has 5 atom stereocenters. The minimum Gasteiger partial charge on any atom is -0.374 e. The predicted octanol–water partition coefficient (Wildman–Crippen LogP) is -2.20. The average molecular weight is 468 g/mol. The van der Waals surface area contributed by atoms with Gasteiger partial charge in [-0.25, -0.2) is 9.36 Å². The van der Waals surface area contributed by atoms with Crippen LogP contribution in [0, 0.1) is 0 Å². The summed E-state index contributed by atoms with van der Waals surface area (Å²) in [5.74, 6) is 0. The van der Waals surface area contributed by atoms with Crippen molar-refractivity contribution in [3.05, 3.63) is 33.1 Å². The number of methoxy groups -OCH3 is 1. The largest absolute Gasteiger partial charge is 0.468 e. The summed E-state index contributed by atoms with van der Waals surface area (Å²) in [7, 11) is 8.41. The lowest BCUT2D eigenvalue weighted by Crippen LogP contribution is -2.52. The molecule has 1 aromatic rings. The van der Waals surface area contributed by atoms with Crippen LogP contribution in [0.1, 0.15) is 6.23 Å². The van der Waals surface area contributed by atoms with Gasteiger partial charge < -0.3 is 28.7 Å². The maximum atomic E-state index is 12.1. The molecule has 1 aromatic heterocycles. The van der Waals surface area contributed by atoms with Gasteiger partial charge in [-0.1, -0.05) is 0 Å². The number of rotatable bonds is 8. The standard InChI is InChI=1S/C11H16B2N2O11P2S/c1-22-7-6(25-28(21,29)23-2)8(11(12,13)26-27(18,19)20)24-9(7)15-4-3-5(16)14-10(15)17/h3-4,6-9H,1-2H3,(H,21,29)(H,14,16,17)(H2,18,19,20). The Morgan fingerprint density at radius 2 is 1.90 bits per heavy atom. The molecule has 0 saturated carbocycles. The fourth-order valence-electron chi connectivity index (χ4n) is 2.67. The molecule has 5 unspecified atom stereocenters. The number of phosphoric acid groups is 1. The van der Waals surface area contributed by atoms with Gasteiger partial charge in [0, 0.05) is 31.9 Å². The highest BCUT2D eigenvalue weighted by atomic mass is 32.5. The molecule has 1 saturated heterocycles. The fraction of sp³-hybridized carbons (Fsp3) is 0.636. The summed E-state index contributed by atoms with van der Waals surface area (Å²) in [6, 6.07) is 1.01. The smallest absolute Gasteiger partial charge is 0.374 e. The van der Waals surface area contributed by atoms with E-state index in [2.05, 4.69) is 4.52 Å². The van der Waals surface area contributed by atoms with Crippen molar-refractivity contribution in [2.75, 3.05) is 14.2 Å². The van der Waals surface area contributed by atoms with Crippen LogP contribution in [0.4, 0.5) is 0 Å². The van der Waals surface area contributed by atoms with Gasteiger partial charge in [0.05, 0.1) is 0 Å². The summed E-state index contributed by atoms with van der Waals surface area (Å²) >= 11 is 4.78. The van der Waals surface area contributed by atoms with Crippen molar-refractivity contribution in [1.29, 1.82) is 0 Å². The molecule has 1 aliphatic heterocycles. The second kappa shape index (κ2) is 8.85. The summed E-state index contributed by atoms with van der Waals surface area (Å²) in [4.78, 5) is 53.6. The molecule has 13 nitrogen and oxygen atoms in total. The van der Waals surface area contributed by atoms with Crippen molar-refractivity contribution < 1.29 is 42.3 Å². The minimum atomic E-state index is -5.21. The highest BCUT2D eigenvalue weighted by Gasteiger charge is 2.55. The van der Waals surface area contributed by atoms with Crippen molar-refractivity contribution in [1.82, 2.24) is 9.55 Å². The van der Waals surface area contributed by atoms with Crippen LogP contribution in [-0.2, 0) is 39.4 Å². The van der Waals surface area contributed by atoms with E-state index in [0.29, 0.717) is 0 Å². The molecule has 0 amide bonds. The van der Waals surface area contributed by atoms with Gasteiger partial charge in [0.2, 0.25) is 0 Å². The third kappa shape index (κ3) is 5.96. The van der Waals surface area contributed by atoms with E-state index >= 15 is 0 Å². The Balaban J connectivity index is 2.54.